The van der Waals surface area contributed by atoms with Gasteiger partial charge in [-0.15, -0.1) is 0 Å². The van der Waals surface area contributed by atoms with Gasteiger partial charge in [-0.2, -0.15) is 0 Å². The molecule has 0 amide bonds. The molecule has 0 heterocycles. The Kier molecular flexibility index (Phi) is 39.3. The third-order valence-electron chi connectivity index (χ3n) is 0. The molecule has 0 aliphatic carbocycles. The van der Waals surface area contributed by atoms with Gasteiger partial charge in [-0.3, -0.25) is 42.1 Å². The van der Waals surface area contributed by atoms with Gasteiger partial charge < -0.3 is 45.5 Å². The molecule has 170 valence electrons. The van der Waals surface area contributed by atoms with E-state index in [-0.39, 0.29) is 55.9 Å². The molecule has 0 aromatic heterocycles. The van der Waals surface area contributed by atoms with Gasteiger partial charge in [-0.1, -0.05) is 0 Å². The zero-order chi connectivity index (χ0) is 22.5. The molecular weight excluding hydrogens is 640 g/mol. The second-order valence-electron chi connectivity index (χ2n) is 2.04. The van der Waals surface area contributed by atoms with Crippen LogP contribution in [0.4, 0.5) is 0 Å². The van der Waals surface area contributed by atoms with Crippen LogP contribution in [-0.4, -0.2) is 87.6 Å². The molecule has 0 N–H and O–H groups in total. The van der Waals surface area contributed by atoms with Crippen LogP contribution in [0.2, 0.25) is 0 Å². The van der Waals surface area contributed by atoms with Crippen molar-refractivity contribution in [3.05, 3.63) is 0 Å². The number of hydrogen-bond donors (Lipinski definition) is 0. The molecule has 0 aromatic carbocycles. The molecule has 0 aliphatic heterocycles. The minimum Gasteiger partial charge on any atom is -0.759 e. The summed E-state index contributed by atoms with van der Waals surface area (Å²) in [6.45, 7) is 0. The first-order chi connectivity index (χ1) is 10.0. The molecule has 0 atom stereocenters. The van der Waals surface area contributed by atoms with E-state index >= 15 is 0 Å². The maximum absolute atomic E-state index is 8.52. The van der Waals surface area contributed by atoms with Crippen molar-refractivity contribution in [1.82, 2.24) is 0 Å². The second-order valence-corrected chi connectivity index (χ2v) is 6.12. The minimum atomic E-state index is -5.17. The molecule has 0 aromatic rings. The summed E-state index contributed by atoms with van der Waals surface area (Å²) in [7, 11) is -25.8. The Morgan fingerprint density at radius 1 is 0.286 bits per heavy atom. The summed E-state index contributed by atoms with van der Waals surface area (Å²) in [4.78, 5) is 0. The zero-order valence-corrected chi connectivity index (χ0v) is 19.3. The summed E-state index contributed by atoms with van der Waals surface area (Å²) in [6.07, 6.45) is 0. The summed E-state index contributed by atoms with van der Waals surface area (Å²) in [5.74, 6) is 0. The van der Waals surface area contributed by atoms with Crippen LogP contribution in [0, 0.1) is 0 Å². The monoisotopic (exact) mass is 640 g/mol. The van der Waals surface area contributed by atoms with Crippen molar-refractivity contribution in [2.45, 2.75) is 0 Å². The van der Waals surface area contributed by atoms with Gasteiger partial charge in [0.15, 0.2) is 0 Å². The van der Waals surface area contributed by atoms with Gasteiger partial charge >= 0.3 is 55.9 Å². The van der Waals surface area contributed by atoms with Crippen molar-refractivity contribution in [2.24, 2.45) is 0 Å². The quantitative estimate of drug-likeness (QED) is 0.135. The maximum atomic E-state index is 8.52. The first-order valence-electron chi connectivity index (χ1n) is 3.33. The molecule has 0 unspecified atom stereocenters. The second kappa shape index (κ2) is 21.3. The largest absolute Gasteiger partial charge is 4.00 e. The van der Waals surface area contributed by atoms with E-state index in [2.05, 4.69) is 0 Å². The molecule has 0 saturated carbocycles. The Bertz CT molecular complexity index is 625. The van der Waals surface area contributed by atoms with E-state index in [0.717, 1.165) is 0 Å². The molecule has 0 rings (SSSR count). The van der Waals surface area contributed by atoms with E-state index in [1.807, 2.05) is 0 Å². The minimum absolute atomic E-state index is 0. The number of hydrogen-bond acceptors (Lipinski definition) is 20. The topological polar surface area (TPSA) is 401 Å². The van der Waals surface area contributed by atoms with E-state index in [4.69, 9.17) is 87.6 Å². The van der Waals surface area contributed by atoms with Gasteiger partial charge in [0.2, 0.25) is 0 Å². The SMILES string of the molecule is O=S(=O)([O-])[O-].O=S(=O)([O-])[O-].O=S(=O)([O-])[O-].O=S(=O)([O-])[O-].O=S(=O)([O-])[O-].[Fe+3].[Fe+3].[Ti+4]. The average molecular weight is 640 g/mol. The molecule has 0 saturated heterocycles. The number of rotatable bonds is 0. The molecule has 20 nitrogen and oxygen atoms in total. The average Bonchev–Trinajstić information content (AvgIpc) is 1.79. The van der Waals surface area contributed by atoms with Crippen molar-refractivity contribution in [1.29, 1.82) is 0 Å². The predicted molar refractivity (Wildman–Crippen MR) is 52.4 cm³/mol. The fourth-order valence-electron chi connectivity index (χ4n) is 0. The Labute approximate surface area is 194 Å². The van der Waals surface area contributed by atoms with Crippen LogP contribution < -0.4 is 0 Å². The van der Waals surface area contributed by atoms with Crippen LogP contribution >= 0.6 is 0 Å². The van der Waals surface area contributed by atoms with Crippen LogP contribution in [0.15, 0.2) is 0 Å². The Morgan fingerprint density at radius 3 is 0.286 bits per heavy atom. The zero-order valence-electron chi connectivity index (χ0n) is 11.4. The molecule has 0 aliphatic rings. The Morgan fingerprint density at radius 2 is 0.286 bits per heavy atom. The van der Waals surface area contributed by atoms with Crippen LogP contribution in [0.25, 0.3) is 0 Å². The molecule has 0 spiro atoms. The van der Waals surface area contributed by atoms with Crippen molar-refractivity contribution in [3.63, 3.8) is 0 Å². The van der Waals surface area contributed by atoms with Gasteiger partial charge in [0.1, 0.15) is 0 Å². The van der Waals surface area contributed by atoms with Crippen LogP contribution in [0.5, 0.6) is 0 Å². The molecule has 28 heteroatoms. The van der Waals surface area contributed by atoms with E-state index in [1.165, 1.54) is 0 Å². The van der Waals surface area contributed by atoms with Crippen molar-refractivity contribution in [2.75, 3.05) is 0 Å². The van der Waals surface area contributed by atoms with Crippen LogP contribution in [-0.2, 0) is 108 Å². The van der Waals surface area contributed by atoms with E-state index in [9.17, 15) is 0 Å². The van der Waals surface area contributed by atoms with Crippen molar-refractivity contribution < 1.29 is 143 Å². The fourth-order valence-corrected chi connectivity index (χ4v) is 0. The summed E-state index contributed by atoms with van der Waals surface area (Å²) in [6, 6.07) is 0. The molecule has 28 heavy (non-hydrogen) atoms. The smallest absolute Gasteiger partial charge is 0.759 e. The molecule has 0 bridgehead atoms. The molecule has 2 radical (unpaired) electrons. The summed E-state index contributed by atoms with van der Waals surface area (Å²) in [5.41, 5.74) is 0. The first-order valence-corrected chi connectivity index (χ1v) is 10.0. The first kappa shape index (κ1) is 51.6. The van der Waals surface area contributed by atoms with Gasteiger partial charge in [0, 0.05) is 52.0 Å². The predicted octanol–water partition coefficient (Wildman–Crippen LogP) is -6.70. The summed E-state index contributed by atoms with van der Waals surface area (Å²) < 4.78 is 170. The van der Waals surface area contributed by atoms with Crippen molar-refractivity contribution in [3.8, 4) is 0 Å². The third kappa shape index (κ3) is 15200. The van der Waals surface area contributed by atoms with Gasteiger partial charge in [0.25, 0.3) is 0 Å². The standard InChI is InChI=1S/2Fe.5H2O4S.Ti/c;;5*1-5(2,3)4;/h;;5*(H2,1,2,3,4);/q2*+3;;;;;;+4/p-10. The van der Waals surface area contributed by atoms with Gasteiger partial charge in [-0.05, 0) is 0 Å². The summed E-state index contributed by atoms with van der Waals surface area (Å²) in [5, 5.41) is 0. The maximum Gasteiger partial charge on any atom is 4.00 e. The van der Waals surface area contributed by atoms with Gasteiger partial charge in [0.05, 0.1) is 0 Å². The van der Waals surface area contributed by atoms with E-state index in [0.29, 0.717) is 0 Å². The Balaban J connectivity index is -0.0000000290. The van der Waals surface area contributed by atoms with E-state index in [1.54, 1.807) is 0 Å². The Hall–Kier alpha value is 1.10. The van der Waals surface area contributed by atoms with Crippen LogP contribution in [0.1, 0.15) is 0 Å². The fraction of sp³-hybridized carbons (Fsp3) is 0. The molecule has 0 fully saturated rings. The molecular formula is Fe2O20S5Ti. The summed E-state index contributed by atoms with van der Waals surface area (Å²) >= 11 is 0. The van der Waals surface area contributed by atoms with Crippen molar-refractivity contribution >= 4 is 52.0 Å². The normalized spacial score (nSPS) is 10.4. The third-order valence-corrected chi connectivity index (χ3v) is 0. The van der Waals surface area contributed by atoms with E-state index < -0.39 is 52.0 Å². The van der Waals surface area contributed by atoms with Gasteiger partial charge in [-0.25, -0.2) is 0 Å². The van der Waals surface area contributed by atoms with Crippen LogP contribution in [0.3, 0.4) is 0 Å².